The van der Waals surface area contributed by atoms with Crippen LogP contribution in [0.2, 0.25) is 0 Å². The number of benzene rings is 2. The van der Waals surface area contributed by atoms with Crippen molar-refractivity contribution in [3.05, 3.63) is 59.2 Å². The van der Waals surface area contributed by atoms with Crippen LogP contribution >= 0.6 is 0 Å². The number of methoxy groups -OCH3 is 1. The van der Waals surface area contributed by atoms with Crippen LogP contribution in [0.15, 0.2) is 36.4 Å². The van der Waals surface area contributed by atoms with Crippen molar-refractivity contribution in [2.75, 3.05) is 7.11 Å². The first kappa shape index (κ1) is 15.2. The van der Waals surface area contributed by atoms with E-state index in [2.05, 4.69) is 0 Å². The van der Waals surface area contributed by atoms with Gasteiger partial charge in [0.15, 0.2) is 17.7 Å². The zero-order chi connectivity index (χ0) is 16.8. The van der Waals surface area contributed by atoms with Gasteiger partial charge in [-0.2, -0.15) is 0 Å². The van der Waals surface area contributed by atoms with E-state index in [-0.39, 0.29) is 17.1 Å². The maximum absolute atomic E-state index is 15.3. The third-order valence-corrected chi connectivity index (χ3v) is 3.74. The van der Waals surface area contributed by atoms with Gasteiger partial charge < -0.3 is 14.6 Å². The van der Waals surface area contributed by atoms with E-state index in [9.17, 15) is 18.7 Å². The molecular weight excluding hydrogens is 313 g/mol. The Kier molecular flexibility index (Phi) is 3.43. The van der Waals surface area contributed by atoms with Crippen LogP contribution in [0.25, 0.3) is 0 Å². The maximum atomic E-state index is 15.3. The van der Waals surface area contributed by atoms with E-state index in [1.165, 1.54) is 31.4 Å². The van der Waals surface area contributed by atoms with Crippen molar-refractivity contribution in [2.24, 2.45) is 0 Å². The van der Waals surface area contributed by atoms with Crippen LogP contribution < -0.4 is 9.47 Å². The maximum Gasteiger partial charge on any atom is 0.350 e. The number of carboxylic acid groups (broad SMARTS) is 1. The molecule has 0 fully saturated rings. The number of halogens is 3. The highest BCUT2D eigenvalue weighted by molar-refractivity contribution is 5.83. The molecule has 1 aliphatic heterocycles. The molecule has 0 aromatic heterocycles. The summed E-state index contributed by atoms with van der Waals surface area (Å²) in [6.45, 7) is 0. The lowest BCUT2D eigenvalue weighted by molar-refractivity contribution is -0.157. The highest BCUT2D eigenvalue weighted by atomic mass is 19.2. The first-order valence-electron chi connectivity index (χ1n) is 6.61. The predicted molar refractivity (Wildman–Crippen MR) is 73.1 cm³/mol. The van der Waals surface area contributed by atoms with Gasteiger partial charge in [0.1, 0.15) is 11.6 Å². The Morgan fingerprint density at radius 2 is 1.87 bits per heavy atom. The molecule has 7 heteroatoms. The molecule has 0 saturated carbocycles. The summed E-state index contributed by atoms with van der Waals surface area (Å²) in [6, 6.07) is 6.92. The van der Waals surface area contributed by atoms with E-state index in [0.29, 0.717) is 0 Å². The third-order valence-electron chi connectivity index (χ3n) is 3.74. The molecule has 2 aromatic carbocycles. The zero-order valence-corrected chi connectivity index (χ0v) is 11.8. The molecule has 0 amide bonds. The fourth-order valence-corrected chi connectivity index (χ4v) is 2.63. The number of fused-ring (bicyclic) bond motifs is 1. The van der Waals surface area contributed by atoms with E-state index >= 15 is 4.39 Å². The van der Waals surface area contributed by atoms with Crippen molar-refractivity contribution in [3.8, 4) is 11.5 Å². The molecule has 1 N–H and O–H groups in total. The molecular formula is C16H11F3O4. The van der Waals surface area contributed by atoms with Crippen molar-refractivity contribution >= 4 is 5.97 Å². The van der Waals surface area contributed by atoms with E-state index in [1.54, 1.807) is 0 Å². The van der Waals surface area contributed by atoms with Crippen molar-refractivity contribution in [1.82, 2.24) is 0 Å². The van der Waals surface area contributed by atoms with Gasteiger partial charge >= 0.3 is 5.97 Å². The minimum atomic E-state index is -3.16. The van der Waals surface area contributed by atoms with Crippen LogP contribution in [0.4, 0.5) is 13.2 Å². The van der Waals surface area contributed by atoms with Crippen LogP contribution in [0.3, 0.4) is 0 Å². The second-order valence-electron chi connectivity index (χ2n) is 5.02. The van der Waals surface area contributed by atoms with Gasteiger partial charge in [-0.1, -0.05) is 12.1 Å². The van der Waals surface area contributed by atoms with Gasteiger partial charge in [0, 0.05) is 0 Å². The minimum Gasteiger partial charge on any atom is -0.494 e. The Morgan fingerprint density at radius 1 is 1.22 bits per heavy atom. The minimum absolute atomic E-state index is 0.0749. The van der Waals surface area contributed by atoms with Crippen LogP contribution in [-0.2, 0) is 10.5 Å². The van der Waals surface area contributed by atoms with Gasteiger partial charge in [-0.15, -0.1) is 0 Å². The van der Waals surface area contributed by atoms with Gasteiger partial charge in [-0.3, -0.25) is 0 Å². The Hall–Kier alpha value is -2.70. The van der Waals surface area contributed by atoms with Crippen LogP contribution in [-0.4, -0.2) is 18.2 Å². The molecule has 2 unspecified atom stereocenters. The number of aliphatic carboxylic acids is 1. The monoisotopic (exact) mass is 324 g/mol. The first-order valence-corrected chi connectivity index (χ1v) is 6.61. The largest absolute Gasteiger partial charge is 0.494 e. The van der Waals surface area contributed by atoms with Gasteiger partial charge in [-0.25, -0.2) is 18.0 Å². The first-order chi connectivity index (χ1) is 10.9. The smallest absolute Gasteiger partial charge is 0.350 e. The summed E-state index contributed by atoms with van der Waals surface area (Å²) in [5.41, 5.74) is -3.82. The topological polar surface area (TPSA) is 55.8 Å². The standard InChI is InChI=1S/C16H11F3O4/c1-22-11-7-6-10-12(13(11)18)16(19,15(20)21)14(23-10)8-2-4-9(17)5-3-8/h2-7,14H,1H3,(H,20,21). The lowest BCUT2D eigenvalue weighted by Crippen LogP contribution is -2.36. The molecule has 0 spiro atoms. The van der Waals surface area contributed by atoms with E-state index in [0.717, 1.165) is 12.1 Å². The second-order valence-corrected chi connectivity index (χ2v) is 5.02. The summed E-state index contributed by atoms with van der Waals surface area (Å²) < 4.78 is 52.9. The van der Waals surface area contributed by atoms with Crippen LogP contribution in [0.1, 0.15) is 17.2 Å². The van der Waals surface area contributed by atoms with Crippen molar-refractivity contribution in [2.45, 2.75) is 11.8 Å². The molecule has 120 valence electrons. The molecule has 4 nitrogen and oxygen atoms in total. The Balaban J connectivity index is 2.20. The number of carbonyl (C=O) groups is 1. The van der Waals surface area contributed by atoms with Gasteiger partial charge in [0.05, 0.1) is 12.7 Å². The Labute approximate surface area is 129 Å². The van der Waals surface area contributed by atoms with Gasteiger partial charge in [0.25, 0.3) is 5.67 Å². The highest BCUT2D eigenvalue weighted by Gasteiger charge is 2.59. The average Bonchev–Trinajstić information content (AvgIpc) is 2.84. The summed E-state index contributed by atoms with van der Waals surface area (Å²) in [7, 11) is 1.18. The van der Waals surface area contributed by atoms with E-state index in [4.69, 9.17) is 9.47 Å². The summed E-state index contributed by atoms with van der Waals surface area (Å²) >= 11 is 0. The van der Waals surface area contributed by atoms with Gasteiger partial charge in [-0.05, 0) is 29.8 Å². The van der Waals surface area contributed by atoms with Crippen molar-refractivity contribution < 1.29 is 32.5 Å². The molecule has 0 aliphatic carbocycles. The lowest BCUT2D eigenvalue weighted by atomic mass is 9.87. The van der Waals surface area contributed by atoms with E-state index < -0.39 is 34.9 Å². The summed E-state index contributed by atoms with van der Waals surface area (Å²) in [4.78, 5) is 11.6. The average molecular weight is 324 g/mol. The fraction of sp³-hybridized carbons (Fsp3) is 0.188. The number of hydrogen-bond donors (Lipinski definition) is 1. The number of carboxylic acids is 1. The number of ether oxygens (including phenoxy) is 2. The van der Waals surface area contributed by atoms with Crippen molar-refractivity contribution in [1.29, 1.82) is 0 Å². The van der Waals surface area contributed by atoms with Crippen LogP contribution in [0.5, 0.6) is 11.5 Å². The molecule has 0 saturated heterocycles. The number of hydrogen-bond acceptors (Lipinski definition) is 3. The summed E-state index contributed by atoms with van der Waals surface area (Å²) in [5, 5.41) is 9.36. The normalized spacial score (nSPS) is 22.3. The molecule has 0 radical (unpaired) electrons. The Bertz CT molecular complexity index is 776. The lowest BCUT2D eigenvalue weighted by Gasteiger charge is -2.22. The number of rotatable bonds is 3. The molecule has 1 aliphatic rings. The number of alkyl halides is 1. The summed E-state index contributed by atoms with van der Waals surface area (Å²) in [5.74, 6) is -4.15. The van der Waals surface area contributed by atoms with E-state index in [1.807, 2.05) is 0 Å². The summed E-state index contributed by atoms with van der Waals surface area (Å²) in [6.07, 6.45) is -1.64. The molecule has 23 heavy (non-hydrogen) atoms. The molecule has 3 rings (SSSR count). The SMILES string of the molecule is COc1ccc2c(c1F)C(F)(C(=O)O)C(c1ccc(F)cc1)O2. The molecule has 2 aromatic rings. The fourth-order valence-electron chi connectivity index (χ4n) is 2.63. The molecule has 2 atom stereocenters. The van der Waals surface area contributed by atoms with Gasteiger partial charge in [0.2, 0.25) is 0 Å². The predicted octanol–water partition coefficient (Wildman–Crippen LogP) is 3.36. The van der Waals surface area contributed by atoms with Crippen LogP contribution in [0, 0.1) is 11.6 Å². The van der Waals surface area contributed by atoms with Crippen molar-refractivity contribution in [3.63, 3.8) is 0 Å². The zero-order valence-electron chi connectivity index (χ0n) is 11.8. The second kappa shape index (κ2) is 5.19. The molecule has 1 heterocycles. The molecule has 0 bridgehead atoms. The highest BCUT2D eigenvalue weighted by Crippen LogP contribution is 2.54. The Morgan fingerprint density at radius 3 is 2.43 bits per heavy atom. The third kappa shape index (κ3) is 2.11. The quantitative estimate of drug-likeness (QED) is 0.941.